The number of carboxylic acids is 1. The van der Waals surface area contributed by atoms with Gasteiger partial charge in [-0.05, 0) is 30.6 Å². The minimum Gasteiger partial charge on any atom is -0.480 e. The summed E-state index contributed by atoms with van der Waals surface area (Å²) in [6.45, 7) is 0. The molecule has 1 amide bonds. The van der Waals surface area contributed by atoms with Gasteiger partial charge in [0, 0.05) is 5.39 Å². The van der Waals surface area contributed by atoms with E-state index in [0.717, 1.165) is 5.39 Å². The number of nitrogens with one attached hydrogen (secondary N) is 2. The largest absolute Gasteiger partial charge is 0.480 e. The maximum absolute atomic E-state index is 12.1. The first kappa shape index (κ1) is 15.7. The number of aromatic nitrogens is 1. The standard InChI is InChI=1S/C14H15ClN2O3S/c1-21-6-5-10(14(19)20)17-13(18)11-7-8-3-2-4-9(15)12(8)16-11/h2-4,7,10,16H,5-6H2,1H3,(H,17,18)(H,19,20). The van der Waals surface area contributed by atoms with Crippen molar-refractivity contribution in [3.8, 4) is 0 Å². The normalized spacial score (nSPS) is 12.3. The molecule has 7 heteroatoms. The Bertz CT molecular complexity index is 671. The average Bonchev–Trinajstić information content (AvgIpc) is 2.88. The second-order valence-corrected chi connectivity index (χ2v) is 5.93. The Morgan fingerprint density at radius 1 is 1.48 bits per heavy atom. The van der Waals surface area contributed by atoms with Gasteiger partial charge in [0.15, 0.2) is 0 Å². The van der Waals surface area contributed by atoms with E-state index < -0.39 is 17.9 Å². The van der Waals surface area contributed by atoms with E-state index in [2.05, 4.69) is 10.3 Å². The number of hydrogen-bond donors (Lipinski definition) is 3. The van der Waals surface area contributed by atoms with Crippen LogP contribution >= 0.6 is 23.4 Å². The number of aliphatic carboxylic acids is 1. The first-order chi connectivity index (χ1) is 10.0. The molecule has 0 radical (unpaired) electrons. The molecule has 1 aromatic carbocycles. The summed E-state index contributed by atoms with van der Waals surface area (Å²) in [7, 11) is 0. The van der Waals surface area contributed by atoms with Crippen LogP contribution in [0.2, 0.25) is 5.02 Å². The summed E-state index contributed by atoms with van der Waals surface area (Å²) in [6.07, 6.45) is 2.27. The average molecular weight is 327 g/mol. The molecular weight excluding hydrogens is 312 g/mol. The molecule has 3 N–H and O–H groups in total. The number of amides is 1. The van der Waals surface area contributed by atoms with Crippen molar-refractivity contribution in [3.05, 3.63) is 35.0 Å². The SMILES string of the molecule is CSCCC(NC(=O)c1cc2cccc(Cl)c2[nH]1)C(=O)O. The number of fused-ring (bicyclic) bond motifs is 1. The van der Waals surface area contributed by atoms with Crippen molar-refractivity contribution < 1.29 is 14.7 Å². The Balaban J connectivity index is 2.17. The lowest BCUT2D eigenvalue weighted by Crippen LogP contribution is -2.41. The summed E-state index contributed by atoms with van der Waals surface area (Å²) >= 11 is 7.58. The van der Waals surface area contributed by atoms with Gasteiger partial charge in [-0.3, -0.25) is 4.79 Å². The topological polar surface area (TPSA) is 82.2 Å². The highest BCUT2D eigenvalue weighted by molar-refractivity contribution is 7.98. The minimum absolute atomic E-state index is 0.300. The van der Waals surface area contributed by atoms with Gasteiger partial charge in [-0.15, -0.1) is 0 Å². The van der Waals surface area contributed by atoms with Crippen molar-refractivity contribution in [2.45, 2.75) is 12.5 Å². The second-order valence-electron chi connectivity index (χ2n) is 4.53. The summed E-state index contributed by atoms with van der Waals surface area (Å²) in [5.41, 5.74) is 0.966. The van der Waals surface area contributed by atoms with Gasteiger partial charge in [0.2, 0.25) is 0 Å². The molecule has 0 aliphatic rings. The molecule has 112 valence electrons. The van der Waals surface area contributed by atoms with E-state index in [0.29, 0.717) is 28.4 Å². The van der Waals surface area contributed by atoms with Crippen molar-refractivity contribution in [2.24, 2.45) is 0 Å². The van der Waals surface area contributed by atoms with Gasteiger partial charge >= 0.3 is 5.97 Å². The monoisotopic (exact) mass is 326 g/mol. The molecule has 0 fully saturated rings. The number of rotatable bonds is 6. The van der Waals surface area contributed by atoms with Gasteiger partial charge in [0.1, 0.15) is 11.7 Å². The van der Waals surface area contributed by atoms with Gasteiger partial charge in [-0.2, -0.15) is 11.8 Å². The molecule has 2 rings (SSSR count). The Morgan fingerprint density at radius 2 is 2.24 bits per heavy atom. The van der Waals surface area contributed by atoms with Gasteiger partial charge in [0.25, 0.3) is 5.91 Å². The van der Waals surface area contributed by atoms with Gasteiger partial charge < -0.3 is 15.4 Å². The number of H-pyrrole nitrogens is 1. The molecule has 0 aliphatic heterocycles. The smallest absolute Gasteiger partial charge is 0.326 e. The second kappa shape index (κ2) is 6.87. The first-order valence-electron chi connectivity index (χ1n) is 6.32. The molecule has 1 aromatic heterocycles. The summed E-state index contributed by atoms with van der Waals surface area (Å²) in [4.78, 5) is 26.2. The first-order valence-corrected chi connectivity index (χ1v) is 8.10. The number of carboxylic acid groups (broad SMARTS) is 1. The van der Waals surface area contributed by atoms with E-state index in [1.54, 1.807) is 18.2 Å². The fraction of sp³-hybridized carbons (Fsp3) is 0.286. The Morgan fingerprint density at radius 3 is 2.86 bits per heavy atom. The summed E-state index contributed by atoms with van der Waals surface area (Å²) in [5, 5.41) is 13.0. The zero-order valence-electron chi connectivity index (χ0n) is 11.4. The highest BCUT2D eigenvalue weighted by atomic mass is 35.5. The lowest BCUT2D eigenvalue weighted by atomic mass is 10.2. The third-order valence-electron chi connectivity index (χ3n) is 3.06. The van der Waals surface area contributed by atoms with E-state index in [1.807, 2.05) is 12.3 Å². The number of halogens is 1. The van der Waals surface area contributed by atoms with E-state index in [9.17, 15) is 9.59 Å². The molecule has 0 bridgehead atoms. The van der Waals surface area contributed by atoms with Crippen LogP contribution in [-0.4, -0.2) is 40.0 Å². The van der Waals surface area contributed by atoms with Crippen LogP contribution in [0.5, 0.6) is 0 Å². The Kier molecular flexibility index (Phi) is 5.14. The molecule has 21 heavy (non-hydrogen) atoms. The highest BCUT2D eigenvalue weighted by Crippen LogP contribution is 2.23. The van der Waals surface area contributed by atoms with Crippen LogP contribution in [0.3, 0.4) is 0 Å². The van der Waals surface area contributed by atoms with Crippen molar-refractivity contribution in [3.63, 3.8) is 0 Å². The molecule has 5 nitrogen and oxygen atoms in total. The molecule has 1 unspecified atom stereocenters. The fourth-order valence-corrected chi connectivity index (χ4v) is 2.67. The summed E-state index contributed by atoms with van der Waals surface area (Å²) in [6, 6.07) is 6.10. The van der Waals surface area contributed by atoms with Crippen LogP contribution in [-0.2, 0) is 4.79 Å². The zero-order chi connectivity index (χ0) is 15.4. The Labute approximate surface area is 131 Å². The summed E-state index contributed by atoms with van der Waals surface area (Å²) < 4.78 is 0. The fourth-order valence-electron chi connectivity index (χ4n) is 1.97. The Hall–Kier alpha value is -1.66. The van der Waals surface area contributed by atoms with Crippen LogP contribution in [0.4, 0.5) is 0 Å². The number of hydrogen-bond acceptors (Lipinski definition) is 3. The predicted octanol–water partition coefficient (Wildman–Crippen LogP) is 2.76. The summed E-state index contributed by atoms with van der Waals surface area (Å²) in [5.74, 6) is -0.821. The van der Waals surface area contributed by atoms with Crippen molar-refractivity contribution in [1.82, 2.24) is 10.3 Å². The molecule has 0 aliphatic carbocycles. The minimum atomic E-state index is -1.04. The number of benzene rings is 1. The predicted molar refractivity (Wildman–Crippen MR) is 85.2 cm³/mol. The third-order valence-corrected chi connectivity index (χ3v) is 4.02. The molecular formula is C14H15ClN2O3S. The van der Waals surface area contributed by atoms with Crippen LogP contribution < -0.4 is 5.32 Å². The van der Waals surface area contributed by atoms with Gasteiger partial charge in [0.05, 0.1) is 10.5 Å². The van der Waals surface area contributed by atoms with E-state index >= 15 is 0 Å². The van der Waals surface area contributed by atoms with Crippen molar-refractivity contribution in [2.75, 3.05) is 12.0 Å². The number of para-hydroxylation sites is 1. The lowest BCUT2D eigenvalue weighted by Gasteiger charge is -2.13. The number of thioether (sulfide) groups is 1. The van der Waals surface area contributed by atoms with Crippen LogP contribution in [0.1, 0.15) is 16.9 Å². The van der Waals surface area contributed by atoms with Gasteiger partial charge in [-0.1, -0.05) is 23.7 Å². The molecule has 2 aromatic rings. The maximum Gasteiger partial charge on any atom is 0.326 e. The molecule has 0 saturated carbocycles. The maximum atomic E-state index is 12.1. The van der Waals surface area contributed by atoms with E-state index in [4.69, 9.17) is 16.7 Å². The molecule has 1 heterocycles. The van der Waals surface area contributed by atoms with Crippen LogP contribution in [0, 0.1) is 0 Å². The molecule has 1 atom stereocenters. The van der Waals surface area contributed by atoms with Crippen LogP contribution in [0.25, 0.3) is 10.9 Å². The molecule has 0 spiro atoms. The van der Waals surface area contributed by atoms with Crippen LogP contribution in [0.15, 0.2) is 24.3 Å². The van der Waals surface area contributed by atoms with Gasteiger partial charge in [-0.25, -0.2) is 4.79 Å². The van der Waals surface area contributed by atoms with E-state index in [1.165, 1.54) is 11.8 Å². The highest BCUT2D eigenvalue weighted by Gasteiger charge is 2.21. The lowest BCUT2D eigenvalue weighted by molar-refractivity contribution is -0.139. The quantitative estimate of drug-likeness (QED) is 0.762. The number of aromatic amines is 1. The van der Waals surface area contributed by atoms with Crippen molar-refractivity contribution in [1.29, 1.82) is 0 Å². The van der Waals surface area contributed by atoms with E-state index in [-0.39, 0.29) is 0 Å². The number of carbonyl (C=O) groups is 2. The van der Waals surface area contributed by atoms with Crippen molar-refractivity contribution >= 4 is 46.1 Å². The molecule has 0 saturated heterocycles. The number of carbonyl (C=O) groups excluding carboxylic acids is 1. The zero-order valence-corrected chi connectivity index (χ0v) is 12.9. The third kappa shape index (κ3) is 3.71.